The first kappa shape index (κ1) is 21.8. The van der Waals surface area contributed by atoms with E-state index >= 15 is 0 Å². The van der Waals surface area contributed by atoms with Crippen molar-refractivity contribution in [3.63, 3.8) is 0 Å². The number of hydrogen-bond acceptors (Lipinski definition) is 4. The number of carbonyl (C=O) groups is 1. The number of fused-ring (bicyclic) bond motifs is 2. The Bertz CT molecular complexity index is 1020. The number of rotatable bonds is 8. The average molecular weight is 442 g/mol. The lowest BCUT2D eigenvalue weighted by Crippen LogP contribution is -2.38. The van der Waals surface area contributed by atoms with Crippen molar-refractivity contribution in [2.75, 3.05) is 11.1 Å². The lowest BCUT2D eigenvalue weighted by atomic mass is 9.99. The van der Waals surface area contributed by atoms with Crippen LogP contribution in [-0.4, -0.2) is 26.2 Å². The van der Waals surface area contributed by atoms with Gasteiger partial charge in [-0.1, -0.05) is 36.4 Å². The summed E-state index contributed by atoms with van der Waals surface area (Å²) in [6, 6.07) is 11.6. The van der Waals surface area contributed by atoms with E-state index in [1.807, 2.05) is 37.3 Å². The number of carbonyl (C=O) groups excluding carboxylic acids is 1. The summed E-state index contributed by atoms with van der Waals surface area (Å²) in [7, 11) is -3.71. The molecule has 0 radical (unpaired) electrons. The molecule has 2 amide bonds. The van der Waals surface area contributed by atoms with Crippen LogP contribution in [0.25, 0.3) is 0 Å². The Morgan fingerprint density at radius 2 is 1.65 bits per heavy atom. The summed E-state index contributed by atoms with van der Waals surface area (Å²) < 4.78 is 27.2. The zero-order chi connectivity index (χ0) is 21.8. The lowest BCUT2D eigenvalue weighted by molar-refractivity contribution is 0.256. The van der Waals surface area contributed by atoms with E-state index in [1.165, 1.54) is 22.3 Å². The fraction of sp³-hybridized carbons (Fsp3) is 0.458. The summed E-state index contributed by atoms with van der Waals surface area (Å²) in [5.74, 6) is -0.103. The van der Waals surface area contributed by atoms with Crippen LogP contribution < -0.4 is 15.4 Å². The molecule has 2 aromatic carbocycles. The van der Waals surface area contributed by atoms with Crippen molar-refractivity contribution >= 4 is 21.7 Å². The van der Waals surface area contributed by atoms with Gasteiger partial charge in [0.25, 0.3) is 0 Å². The molecule has 0 saturated carbocycles. The first-order valence-electron chi connectivity index (χ1n) is 11.2. The molecule has 2 aliphatic rings. The molecule has 4 rings (SSSR count). The van der Waals surface area contributed by atoms with Crippen molar-refractivity contribution in [2.24, 2.45) is 0 Å². The predicted molar refractivity (Wildman–Crippen MR) is 124 cm³/mol. The highest BCUT2D eigenvalue weighted by molar-refractivity contribution is 7.90. The molecule has 2 aliphatic carbocycles. The third-order valence-electron chi connectivity index (χ3n) is 6.28. The highest BCUT2D eigenvalue weighted by Gasteiger charge is 2.26. The van der Waals surface area contributed by atoms with E-state index < -0.39 is 16.1 Å². The maximum atomic E-state index is 12.6. The second-order valence-electron chi connectivity index (χ2n) is 8.67. The summed E-state index contributed by atoms with van der Waals surface area (Å²) in [4.78, 5) is 12.6. The van der Waals surface area contributed by atoms with Gasteiger partial charge in [-0.15, -0.1) is 0 Å². The molecule has 166 valence electrons. The monoisotopic (exact) mass is 441 g/mol. The Kier molecular flexibility index (Phi) is 6.62. The van der Waals surface area contributed by atoms with Crippen molar-refractivity contribution in [1.82, 2.24) is 10.0 Å². The van der Waals surface area contributed by atoms with Gasteiger partial charge in [0, 0.05) is 18.3 Å². The number of aryl methyl sites for hydroxylation is 2. The normalized spacial score (nSPS) is 15.9. The third kappa shape index (κ3) is 5.46. The van der Waals surface area contributed by atoms with Crippen LogP contribution in [0, 0.1) is 0 Å². The SMILES string of the molecule is CC(CCS(=O)(=O)NC(=O)Nc1c2c(cc3c1CCC3)CCC2)NCc1ccccc1. The summed E-state index contributed by atoms with van der Waals surface area (Å²) in [6.45, 7) is 2.63. The number of nitrogens with one attached hydrogen (secondary N) is 3. The molecule has 0 saturated heterocycles. The third-order valence-corrected chi connectivity index (χ3v) is 7.55. The van der Waals surface area contributed by atoms with Crippen LogP contribution >= 0.6 is 0 Å². The molecule has 0 bridgehead atoms. The molecular weight excluding hydrogens is 410 g/mol. The van der Waals surface area contributed by atoms with Crippen LogP contribution in [0.3, 0.4) is 0 Å². The zero-order valence-electron chi connectivity index (χ0n) is 18.0. The van der Waals surface area contributed by atoms with Crippen molar-refractivity contribution in [1.29, 1.82) is 0 Å². The van der Waals surface area contributed by atoms with Gasteiger partial charge in [-0.3, -0.25) is 0 Å². The van der Waals surface area contributed by atoms with Gasteiger partial charge in [-0.25, -0.2) is 17.9 Å². The molecule has 31 heavy (non-hydrogen) atoms. The first-order valence-corrected chi connectivity index (χ1v) is 12.8. The predicted octanol–water partition coefficient (Wildman–Crippen LogP) is 3.68. The van der Waals surface area contributed by atoms with E-state index in [-0.39, 0.29) is 11.8 Å². The van der Waals surface area contributed by atoms with Crippen molar-refractivity contribution in [3.05, 3.63) is 64.2 Å². The van der Waals surface area contributed by atoms with Crippen LogP contribution in [0.4, 0.5) is 10.5 Å². The fourth-order valence-corrected chi connectivity index (χ4v) is 5.72. The lowest BCUT2D eigenvalue weighted by Gasteiger charge is -2.17. The molecule has 1 atom stereocenters. The first-order chi connectivity index (χ1) is 14.9. The van der Waals surface area contributed by atoms with Gasteiger partial charge in [0.05, 0.1) is 5.75 Å². The number of hydrogen-bond donors (Lipinski definition) is 3. The van der Waals surface area contributed by atoms with Crippen LogP contribution in [0.2, 0.25) is 0 Å². The highest BCUT2D eigenvalue weighted by atomic mass is 32.2. The Hall–Kier alpha value is -2.38. The maximum Gasteiger partial charge on any atom is 0.332 e. The van der Waals surface area contributed by atoms with Gasteiger partial charge < -0.3 is 10.6 Å². The van der Waals surface area contributed by atoms with Gasteiger partial charge in [-0.05, 0) is 79.7 Å². The number of amides is 2. The molecule has 0 aliphatic heterocycles. The Labute approximate surface area is 184 Å². The number of benzene rings is 2. The van der Waals surface area contributed by atoms with Crippen LogP contribution in [0.15, 0.2) is 36.4 Å². The Morgan fingerprint density at radius 1 is 1.00 bits per heavy atom. The van der Waals surface area contributed by atoms with E-state index in [0.29, 0.717) is 13.0 Å². The number of anilines is 1. The van der Waals surface area contributed by atoms with Crippen molar-refractivity contribution in [2.45, 2.75) is 64.5 Å². The minimum atomic E-state index is -3.71. The van der Waals surface area contributed by atoms with Crippen LogP contribution in [0.5, 0.6) is 0 Å². The molecule has 2 aromatic rings. The second kappa shape index (κ2) is 9.40. The molecule has 0 aromatic heterocycles. The summed E-state index contributed by atoms with van der Waals surface area (Å²) in [6.07, 6.45) is 6.54. The molecule has 7 heteroatoms. The minimum absolute atomic E-state index is 0.0144. The molecule has 0 spiro atoms. The molecule has 1 unspecified atom stereocenters. The Morgan fingerprint density at radius 3 is 2.29 bits per heavy atom. The topological polar surface area (TPSA) is 87.3 Å². The number of urea groups is 1. The van der Waals surface area contributed by atoms with E-state index in [2.05, 4.69) is 21.4 Å². The largest absolute Gasteiger partial charge is 0.332 e. The van der Waals surface area contributed by atoms with Gasteiger partial charge in [0.15, 0.2) is 0 Å². The van der Waals surface area contributed by atoms with Crippen molar-refractivity contribution in [3.8, 4) is 0 Å². The van der Waals surface area contributed by atoms with Gasteiger partial charge >= 0.3 is 6.03 Å². The molecule has 3 N–H and O–H groups in total. The fourth-order valence-electron chi connectivity index (χ4n) is 4.62. The summed E-state index contributed by atoms with van der Waals surface area (Å²) >= 11 is 0. The summed E-state index contributed by atoms with van der Waals surface area (Å²) in [5.41, 5.74) is 6.99. The zero-order valence-corrected chi connectivity index (χ0v) is 18.9. The molecular formula is C24H31N3O3S. The van der Waals surface area contributed by atoms with Crippen LogP contribution in [0.1, 0.15) is 54.0 Å². The summed E-state index contributed by atoms with van der Waals surface area (Å²) in [5, 5.41) is 6.22. The van der Waals surface area contributed by atoms with Gasteiger partial charge in [0.1, 0.15) is 0 Å². The van der Waals surface area contributed by atoms with Gasteiger partial charge in [-0.2, -0.15) is 0 Å². The van der Waals surface area contributed by atoms with E-state index in [0.717, 1.165) is 49.8 Å². The quantitative estimate of drug-likeness (QED) is 0.583. The minimum Gasteiger partial charge on any atom is -0.310 e. The number of sulfonamides is 1. The second-order valence-corrected chi connectivity index (χ2v) is 10.5. The maximum absolute atomic E-state index is 12.6. The Balaban J connectivity index is 1.31. The molecule has 0 heterocycles. The smallest absolute Gasteiger partial charge is 0.310 e. The van der Waals surface area contributed by atoms with Crippen LogP contribution in [-0.2, 0) is 42.3 Å². The molecule has 6 nitrogen and oxygen atoms in total. The van der Waals surface area contributed by atoms with Gasteiger partial charge in [0.2, 0.25) is 10.0 Å². The van der Waals surface area contributed by atoms with E-state index in [9.17, 15) is 13.2 Å². The van der Waals surface area contributed by atoms with E-state index in [1.54, 1.807) is 0 Å². The highest BCUT2D eigenvalue weighted by Crippen LogP contribution is 2.38. The van der Waals surface area contributed by atoms with Crippen molar-refractivity contribution < 1.29 is 13.2 Å². The standard InChI is InChI=1S/C24H31N3O3S/c1-17(25-16-18-7-3-2-4-8-18)13-14-31(29,30)27-24(28)26-23-21-11-5-9-19(21)15-20-10-6-12-22(20)23/h2-4,7-8,15,17,25H,5-6,9-14,16H2,1H3,(H2,26,27,28). The average Bonchev–Trinajstić information content (AvgIpc) is 3.40. The molecule has 0 fully saturated rings. The van der Waals surface area contributed by atoms with E-state index in [4.69, 9.17) is 0 Å².